The van der Waals surface area contributed by atoms with Gasteiger partial charge in [-0.05, 0) is 42.4 Å². The summed E-state index contributed by atoms with van der Waals surface area (Å²) < 4.78 is 0. The summed E-state index contributed by atoms with van der Waals surface area (Å²) in [5, 5.41) is 0. The Morgan fingerprint density at radius 1 is 1.09 bits per heavy atom. The first kappa shape index (κ1) is 23.0. The van der Waals surface area contributed by atoms with Gasteiger partial charge >= 0.3 is 29.6 Å². The maximum atomic E-state index is 3.99. The first-order valence-electron chi connectivity index (χ1n) is 8.69. The van der Waals surface area contributed by atoms with E-state index < -0.39 is 0 Å². The third-order valence-electron chi connectivity index (χ3n) is 4.91. The molecule has 0 bridgehead atoms. The van der Waals surface area contributed by atoms with E-state index in [-0.39, 0.29) is 29.6 Å². The predicted octanol–water partition coefficient (Wildman–Crippen LogP) is 2.43. The summed E-state index contributed by atoms with van der Waals surface area (Å²) >= 11 is 0. The van der Waals surface area contributed by atoms with Gasteiger partial charge in [-0.1, -0.05) is 27.3 Å². The number of nitrogens with zero attached hydrogens (tertiary/aromatic N) is 1. The Hall–Kier alpha value is 0.960. The molecule has 0 radical (unpaired) electrons. The number of rotatable bonds is 2. The second kappa shape index (κ2) is 9.44. The minimum Gasteiger partial charge on any atom is -0.368 e. The van der Waals surface area contributed by atoms with Crippen molar-refractivity contribution in [1.29, 1.82) is 0 Å². The van der Waals surface area contributed by atoms with Crippen LogP contribution in [-0.4, -0.2) is 24.5 Å². The van der Waals surface area contributed by atoms with E-state index in [0.29, 0.717) is 16.7 Å². The van der Waals surface area contributed by atoms with Crippen LogP contribution in [0.3, 0.4) is 0 Å². The second-order valence-electron chi connectivity index (χ2n) is 9.18. The van der Waals surface area contributed by atoms with E-state index in [9.17, 15) is 0 Å². The molecule has 0 aromatic rings. The second-order valence-corrected chi connectivity index (χ2v) is 9.18. The fourth-order valence-electron chi connectivity index (χ4n) is 3.81. The number of hydrogen-bond donors (Lipinski definition) is 0. The van der Waals surface area contributed by atoms with E-state index in [2.05, 4.69) is 60.3 Å². The monoisotopic (exact) mass is 315 g/mol. The average molecular weight is 316 g/mol. The topological polar surface area (TPSA) is 3.24 Å². The standard InChI is InChI=1S/C16H29N.C4H9.Na/c1-13(2)10-17-11-16(12-17)8-6-14(7-9-16)15(3,4)5;1-4(2)3;/h13-14H,1-2,6-12H2,3-5H3;1-3H3;/q-2;-1;+1. The minimum absolute atomic E-state index is 0. The molecule has 0 aromatic carbocycles. The van der Waals surface area contributed by atoms with Crippen LogP contribution in [0.15, 0.2) is 0 Å². The molecule has 22 heavy (non-hydrogen) atoms. The number of hydrogen-bond acceptors (Lipinski definition) is 1. The molecule has 1 aliphatic heterocycles. The van der Waals surface area contributed by atoms with Crippen molar-refractivity contribution in [2.75, 3.05) is 19.6 Å². The molecule has 0 N–H and O–H groups in total. The number of likely N-dealkylation sites (tertiary alicyclic amines) is 1. The summed E-state index contributed by atoms with van der Waals surface area (Å²) in [5.74, 6) is 2.69. The van der Waals surface area contributed by atoms with Crippen LogP contribution in [0.1, 0.15) is 67.2 Å². The third-order valence-corrected chi connectivity index (χ3v) is 4.91. The van der Waals surface area contributed by atoms with Gasteiger partial charge in [-0.3, -0.25) is 5.92 Å². The maximum absolute atomic E-state index is 3.99. The molecule has 0 amide bonds. The van der Waals surface area contributed by atoms with Gasteiger partial charge in [0.05, 0.1) is 0 Å². The Bertz CT molecular complexity index is 285. The molecular formula is C20H38NNa-2. The molecule has 1 spiro atoms. The molecule has 0 unspecified atom stereocenters. The van der Waals surface area contributed by atoms with Crippen molar-refractivity contribution in [1.82, 2.24) is 4.90 Å². The molecule has 126 valence electrons. The van der Waals surface area contributed by atoms with Gasteiger partial charge in [-0.2, -0.15) is 20.8 Å². The Labute approximate surface area is 163 Å². The van der Waals surface area contributed by atoms with Crippen LogP contribution in [-0.2, 0) is 0 Å². The summed E-state index contributed by atoms with van der Waals surface area (Å²) in [6, 6.07) is 0. The quantitative estimate of drug-likeness (QED) is 0.559. The fourth-order valence-corrected chi connectivity index (χ4v) is 3.81. The first-order valence-corrected chi connectivity index (χ1v) is 8.69. The molecule has 1 saturated carbocycles. The van der Waals surface area contributed by atoms with Crippen LogP contribution in [0.4, 0.5) is 0 Å². The van der Waals surface area contributed by atoms with Gasteiger partial charge in [0, 0.05) is 13.1 Å². The zero-order chi connectivity index (χ0) is 16.3. The van der Waals surface area contributed by atoms with Crippen molar-refractivity contribution in [2.24, 2.45) is 22.7 Å². The van der Waals surface area contributed by atoms with Crippen molar-refractivity contribution in [2.45, 2.75) is 67.2 Å². The summed E-state index contributed by atoms with van der Waals surface area (Å²) in [6.45, 7) is 25.1. The Morgan fingerprint density at radius 3 is 1.82 bits per heavy atom. The van der Waals surface area contributed by atoms with Crippen LogP contribution in [0, 0.1) is 42.4 Å². The molecule has 2 fully saturated rings. The largest absolute Gasteiger partial charge is 1.00 e. The Kier molecular flexibility index (Phi) is 9.86. The molecule has 1 heterocycles. The molecule has 0 atom stereocenters. The SMILES string of the molecule is C[C-](C)C.[CH2-]C([CH2-])CN1CC2(CCC(C(C)(C)C)CC2)C1.[Na+]. The zero-order valence-corrected chi connectivity index (χ0v) is 18.5. The van der Waals surface area contributed by atoms with Crippen LogP contribution < -0.4 is 29.6 Å². The molecule has 1 saturated heterocycles. The van der Waals surface area contributed by atoms with Gasteiger partial charge in [0.2, 0.25) is 0 Å². The van der Waals surface area contributed by atoms with E-state index in [1.54, 1.807) is 0 Å². The van der Waals surface area contributed by atoms with Crippen LogP contribution in [0.5, 0.6) is 0 Å². The molecule has 1 aliphatic carbocycles. The molecule has 2 heteroatoms. The predicted molar refractivity (Wildman–Crippen MR) is 94.8 cm³/mol. The normalized spacial score (nSPS) is 22.1. The molecule has 1 nitrogen and oxygen atoms in total. The summed E-state index contributed by atoms with van der Waals surface area (Å²) in [6.07, 6.45) is 5.78. The minimum atomic E-state index is 0. The third kappa shape index (κ3) is 7.69. The Morgan fingerprint density at radius 2 is 1.50 bits per heavy atom. The maximum Gasteiger partial charge on any atom is 1.00 e. The van der Waals surface area contributed by atoms with Gasteiger partial charge in [0.15, 0.2) is 0 Å². The van der Waals surface area contributed by atoms with Crippen molar-refractivity contribution < 1.29 is 29.6 Å². The average Bonchev–Trinajstić information content (AvgIpc) is 2.24. The van der Waals surface area contributed by atoms with Gasteiger partial charge < -0.3 is 24.7 Å². The summed E-state index contributed by atoms with van der Waals surface area (Å²) in [5.41, 5.74) is 1.19. The molecule has 0 aromatic heterocycles. The molecule has 2 aliphatic rings. The van der Waals surface area contributed by atoms with E-state index >= 15 is 0 Å². The van der Waals surface area contributed by atoms with E-state index in [1.807, 2.05) is 0 Å². The van der Waals surface area contributed by atoms with E-state index in [1.165, 1.54) is 44.7 Å². The summed E-state index contributed by atoms with van der Waals surface area (Å²) in [4.78, 5) is 2.54. The smallest absolute Gasteiger partial charge is 0.368 e. The van der Waals surface area contributed by atoms with Crippen molar-refractivity contribution >= 4 is 0 Å². The van der Waals surface area contributed by atoms with Gasteiger partial charge in [0.1, 0.15) is 0 Å². The van der Waals surface area contributed by atoms with Crippen molar-refractivity contribution in [3.05, 3.63) is 19.8 Å². The first-order chi connectivity index (χ1) is 9.54. The van der Waals surface area contributed by atoms with E-state index in [4.69, 9.17) is 0 Å². The van der Waals surface area contributed by atoms with Crippen LogP contribution >= 0.6 is 0 Å². The van der Waals surface area contributed by atoms with Crippen LogP contribution in [0.2, 0.25) is 0 Å². The van der Waals surface area contributed by atoms with Gasteiger partial charge in [-0.25, -0.2) is 0 Å². The van der Waals surface area contributed by atoms with Crippen molar-refractivity contribution in [3.63, 3.8) is 0 Å². The Balaban J connectivity index is 0.000000791. The summed E-state index contributed by atoms with van der Waals surface area (Å²) in [7, 11) is 0. The molecule has 2 rings (SSSR count). The van der Waals surface area contributed by atoms with Gasteiger partial charge in [0.25, 0.3) is 0 Å². The van der Waals surface area contributed by atoms with E-state index in [0.717, 1.165) is 12.5 Å². The van der Waals surface area contributed by atoms with Gasteiger partial charge in [-0.15, -0.1) is 0 Å². The fraction of sp³-hybridized carbons (Fsp3) is 0.850. The molecular weight excluding hydrogens is 277 g/mol. The zero-order valence-electron chi connectivity index (χ0n) is 16.5. The van der Waals surface area contributed by atoms with Crippen LogP contribution in [0.25, 0.3) is 0 Å². The van der Waals surface area contributed by atoms with Crippen molar-refractivity contribution in [3.8, 4) is 0 Å².